The summed E-state index contributed by atoms with van der Waals surface area (Å²) in [5.74, 6) is 0.572. The number of aryl methyl sites for hydroxylation is 1. The molecule has 2 aromatic rings. The largest absolute Gasteiger partial charge is 0.385 e. The monoisotopic (exact) mass is 301 g/mol. The maximum absolute atomic E-state index is 10.7. The number of ether oxygens (including phenoxy) is 1. The Morgan fingerprint density at radius 1 is 1.50 bits per heavy atom. The maximum atomic E-state index is 10.7. The molecular formula is C14H15N5O3. The highest BCUT2D eigenvalue weighted by molar-refractivity contribution is 5.66. The molecule has 0 saturated carbocycles. The van der Waals surface area contributed by atoms with E-state index in [1.165, 1.54) is 18.2 Å². The fraction of sp³-hybridized carbons (Fsp3) is 0.286. The number of nitro benzene ring substituents is 1. The van der Waals surface area contributed by atoms with Gasteiger partial charge in [0.1, 0.15) is 6.07 Å². The van der Waals surface area contributed by atoms with Crippen molar-refractivity contribution in [2.45, 2.75) is 13.0 Å². The van der Waals surface area contributed by atoms with Gasteiger partial charge >= 0.3 is 0 Å². The van der Waals surface area contributed by atoms with Gasteiger partial charge < -0.3 is 10.1 Å². The minimum Gasteiger partial charge on any atom is -0.385 e. The number of nitriles is 1. The molecule has 22 heavy (non-hydrogen) atoms. The predicted molar refractivity (Wildman–Crippen MR) is 79.8 cm³/mol. The molecule has 8 heteroatoms. The van der Waals surface area contributed by atoms with Crippen molar-refractivity contribution in [3.63, 3.8) is 0 Å². The second-order valence-electron chi connectivity index (χ2n) is 4.53. The van der Waals surface area contributed by atoms with Gasteiger partial charge in [-0.05, 0) is 12.5 Å². The van der Waals surface area contributed by atoms with Crippen molar-refractivity contribution in [1.82, 2.24) is 9.78 Å². The van der Waals surface area contributed by atoms with Crippen molar-refractivity contribution in [3.05, 3.63) is 46.1 Å². The van der Waals surface area contributed by atoms with Crippen LogP contribution in [0.1, 0.15) is 12.0 Å². The van der Waals surface area contributed by atoms with E-state index in [-0.39, 0.29) is 11.3 Å². The molecule has 0 aliphatic carbocycles. The molecule has 0 amide bonds. The lowest BCUT2D eigenvalue weighted by Crippen LogP contribution is -2.03. The number of nitrogens with one attached hydrogen (secondary N) is 1. The molecule has 0 fully saturated rings. The number of hydrogen-bond donors (Lipinski definition) is 1. The van der Waals surface area contributed by atoms with Gasteiger partial charge in [-0.3, -0.25) is 14.8 Å². The zero-order valence-corrected chi connectivity index (χ0v) is 12.0. The summed E-state index contributed by atoms with van der Waals surface area (Å²) >= 11 is 0. The Morgan fingerprint density at radius 3 is 3.00 bits per heavy atom. The number of nitrogens with zero attached hydrogens (tertiary/aromatic N) is 4. The molecule has 0 spiro atoms. The number of rotatable bonds is 7. The Balaban J connectivity index is 2.10. The van der Waals surface area contributed by atoms with Crippen LogP contribution < -0.4 is 5.32 Å². The molecule has 1 aromatic carbocycles. The summed E-state index contributed by atoms with van der Waals surface area (Å²) in [4.78, 5) is 10.2. The molecule has 1 N–H and O–H groups in total. The summed E-state index contributed by atoms with van der Waals surface area (Å²) in [6.07, 6.45) is 2.66. The third-order valence-corrected chi connectivity index (χ3v) is 2.97. The first kappa shape index (κ1) is 15.5. The molecule has 1 heterocycles. The van der Waals surface area contributed by atoms with E-state index in [0.29, 0.717) is 18.1 Å². The van der Waals surface area contributed by atoms with Crippen LogP contribution in [-0.2, 0) is 11.3 Å². The Kier molecular flexibility index (Phi) is 5.06. The molecule has 0 unspecified atom stereocenters. The van der Waals surface area contributed by atoms with Gasteiger partial charge in [-0.2, -0.15) is 10.4 Å². The molecule has 0 radical (unpaired) electrons. The minimum atomic E-state index is -0.533. The first-order chi connectivity index (χ1) is 10.6. The number of anilines is 2. The molecule has 0 atom stereocenters. The summed E-state index contributed by atoms with van der Waals surface area (Å²) in [6.45, 7) is 1.38. The van der Waals surface area contributed by atoms with E-state index in [0.717, 1.165) is 13.0 Å². The van der Waals surface area contributed by atoms with Crippen LogP contribution in [0.5, 0.6) is 0 Å². The summed E-state index contributed by atoms with van der Waals surface area (Å²) in [5.41, 5.74) is 0.561. The molecule has 1 aromatic heterocycles. The van der Waals surface area contributed by atoms with Crippen LogP contribution in [0.2, 0.25) is 0 Å². The summed E-state index contributed by atoms with van der Waals surface area (Å²) in [5, 5.41) is 27.1. The number of methoxy groups -OCH3 is 1. The smallest absolute Gasteiger partial charge is 0.270 e. The molecule has 8 nitrogen and oxygen atoms in total. The minimum absolute atomic E-state index is 0.118. The van der Waals surface area contributed by atoms with Crippen LogP contribution in [-0.4, -0.2) is 28.4 Å². The Hall–Kier alpha value is -2.92. The first-order valence-electron chi connectivity index (χ1n) is 6.62. The van der Waals surface area contributed by atoms with Crippen molar-refractivity contribution in [2.75, 3.05) is 19.0 Å². The SMILES string of the molecule is COCCCn1ccc(Nc2ccc([N+](=O)[O-])cc2C#N)n1. The van der Waals surface area contributed by atoms with Gasteiger partial charge in [0, 0.05) is 44.7 Å². The van der Waals surface area contributed by atoms with Gasteiger partial charge in [0.25, 0.3) is 5.69 Å². The van der Waals surface area contributed by atoms with Gasteiger partial charge in [0.05, 0.1) is 16.2 Å². The molecule has 0 saturated heterocycles. The predicted octanol–water partition coefficient (Wildman–Crippen LogP) is 2.44. The van der Waals surface area contributed by atoms with Crippen molar-refractivity contribution >= 4 is 17.2 Å². The van der Waals surface area contributed by atoms with Crippen LogP contribution in [0.15, 0.2) is 30.5 Å². The second-order valence-corrected chi connectivity index (χ2v) is 4.53. The second kappa shape index (κ2) is 7.19. The number of nitro groups is 1. The number of benzene rings is 1. The zero-order valence-electron chi connectivity index (χ0n) is 12.0. The maximum Gasteiger partial charge on any atom is 0.270 e. The van der Waals surface area contributed by atoms with Gasteiger partial charge in [0.2, 0.25) is 0 Å². The first-order valence-corrected chi connectivity index (χ1v) is 6.62. The normalized spacial score (nSPS) is 10.2. The van der Waals surface area contributed by atoms with Crippen LogP contribution in [0.3, 0.4) is 0 Å². The summed E-state index contributed by atoms with van der Waals surface area (Å²) in [7, 11) is 1.65. The Bertz CT molecular complexity index is 705. The van der Waals surface area contributed by atoms with Crippen LogP contribution in [0.25, 0.3) is 0 Å². The van der Waals surface area contributed by atoms with Crippen LogP contribution in [0, 0.1) is 21.4 Å². The highest BCUT2D eigenvalue weighted by atomic mass is 16.6. The van der Waals surface area contributed by atoms with Crippen molar-refractivity contribution in [2.24, 2.45) is 0 Å². The highest BCUT2D eigenvalue weighted by Crippen LogP contribution is 2.24. The lowest BCUT2D eigenvalue weighted by atomic mass is 10.1. The van der Waals surface area contributed by atoms with E-state index < -0.39 is 4.92 Å². The van der Waals surface area contributed by atoms with E-state index in [4.69, 9.17) is 10.00 Å². The molecule has 2 rings (SSSR count). The topological polar surface area (TPSA) is 106 Å². The van der Waals surface area contributed by atoms with E-state index in [1.54, 1.807) is 17.9 Å². The molecular weight excluding hydrogens is 286 g/mol. The lowest BCUT2D eigenvalue weighted by molar-refractivity contribution is -0.384. The number of aromatic nitrogens is 2. The highest BCUT2D eigenvalue weighted by Gasteiger charge is 2.11. The zero-order chi connectivity index (χ0) is 15.9. The van der Waals surface area contributed by atoms with E-state index >= 15 is 0 Å². The van der Waals surface area contributed by atoms with E-state index in [1.807, 2.05) is 12.3 Å². The van der Waals surface area contributed by atoms with Gasteiger partial charge in [0.15, 0.2) is 5.82 Å². The van der Waals surface area contributed by atoms with Gasteiger partial charge in [-0.25, -0.2) is 0 Å². The molecule has 0 bridgehead atoms. The van der Waals surface area contributed by atoms with E-state index in [9.17, 15) is 10.1 Å². The van der Waals surface area contributed by atoms with Gasteiger partial charge in [-0.15, -0.1) is 0 Å². The average molecular weight is 301 g/mol. The third kappa shape index (κ3) is 3.80. The third-order valence-electron chi connectivity index (χ3n) is 2.97. The van der Waals surface area contributed by atoms with Gasteiger partial charge in [-0.1, -0.05) is 0 Å². The molecule has 114 valence electrons. The van der Waals surface area contributed by atoms with Crippen LogP contribution in [0.4, 0.5) is 17.2 Å². The van der Waals surface area contributed by atoms with Crippen LogP contribution >= 0.6 is 0 Å². The van der Waals surface area contributed by atoms with Crippen molar-refractivity contribution in [3.8, 4) is 6.07 Å². The van der Waals surface area contributed by atoms with E-state index in [2.05, 4.69) is 10.4 Å². The fourth-order valence-corrected chi connectivity index (χ4v) is 1.91. The lowest BCUT2D eigenvalue weighted by Gasteiger charge is -2.05. The Morgan fingerprint density at radius 2 is 2.32 bits per heavy atom. The van der Waals surface area contributed by atoms with Crippen molar-refractivity contribution < 1.29 is 9.66 Å². The Labute approximate surface area is 127 Å². The molecule has 0 aliphatic heterocycles. The standard InChI is InChI=1S/C14H15N5O3/c1-22-8-2-6-18-7-5-14(17-18)16-13-4-3-12(19(20)21)9-11(13)10-15/h3-5,7,9H,2,6,8H2,1H3,(H,16,17). The average Bonchev–Trinajstić information content (AvgIpc) is 2.95. The summed E-state index contributed by atoms with van der Waals surface area (Å²) in [6, 6.07) is 7.80. The fourth-order valence-electron chi connectivity index (χ4n) is 1.91. The van der Waals surface area contributed by atoms with Crippen molar-refractivity contribution in [1.29, 1.82) is 5.26 Å². The summed E-state index contributed by atoms with van der Waals surface area (Å²) < 4.78 is 6.74. The quantitative estimate of drug-likeness (QED) is 0.478. The number of hydrogen-bond acceptors (Lipinski definition) is 6. The molecule has 0 aliphatic rings. The number of non-ortho nitro benzene ring substituents is 1.